The van der Waals surface area contributed by atoms with Gasteiger partial charge >= 0.3 is 29.8 Å². The molecule has 2 heterocycles. The van der Waals surface area contributed by atoms with Gasteiger partial charge in [-0.05, 0) is 40.7 Å². The summed E-state index contributed by atoms with van der Waals surface area (Å²) in [6.45, 7) is 12.7. The zero-order valence-corrected chi connectivity index (χ0v) is 42.9. The number of ketones is 1. The van der Waals surface area contributed by atoms with E-state index in [1.807, 2.05) is 81.4 Å². The molecule has 10 atom stereocenters. The molecule has 2 aromatic carbocycles. The van der Waals surface area contributed by atoms with Gasteiger partial charge in [-0.3, -0.25) is 28.8 Å². The molecule has 390 valence electrons. The van der Waals surface area contributed by atoms with Crippen molar-refractivity contribution in [1.29, 1.82) is 0 Å². The van der Waals surface area contributed by atoms with Gasteiger partial charge in [0.15, 0.2) is 37.0 Å². The summed E-state index contributed by atoms with van der Waals surface area (Å²) in [5.41, 5.74) is 8.59. The summed E-state index contributed by atoms with van der Waals surface area (Å²) in [5.74, 6) is -5.08. The Morgan fingerprint density at radius 1 is 0.648 bits per heavy atom. The Bertz CT molecular complexity index is 2120. The van der Waals surface area contributed by atoms with Crippen LogP contribution in [0, 0.1) is 0 Å². The van der Waals surface area contributed by atoms with Gasteiger partial charge in [0, 0.05) is 59.1 Å². The molecule has 0 saturated carbocycles. The fourth-order valence-electron chi connectivity index (χ4n) is 8.67. The van der Waals surface area contributed by atoms with E-state index in [9.17, 15) is 33.6 Å². The van der Waals surface area contributed by atoms with Gasteiger partial charge in [-0.15, -0.1) is 0 Å². The Balaban J connectivity index is 1.89. The number of amides is 1. The van der Waals surface area contributed by atoms with Gasteiger partial charge in [0.2, 0.25) is 5.91 Å². The molecule has 4 rings (SSSR count). The van der Waals surface area contributed by atoms with Crippen molar-refractivity contribution in [3.63, 3.8) is 0 Å². The molecule has 2 aromatic rings. The molecule has 2 aliphatic rings. The number of carbonyl (C=O) groups is 7. The molecule has 0 aliphatic carbocycles. The van der Waals surface area contributed by atoms with E-state index in [-0.39, 0.29) is 25.4 Å². The predicted molar refractivity (Wildman–Crippen MR) is 255 cm³/mol. The normalized spacial score (nSPS) is 24.3. The monoisotopic (exact) mass is 1010 g/mol. The van der Waals surface area contributed by atoms with Gasteiger partial charge in [0.25, 0.3) is 8.32 Å². The number of rotatable bonds is 25. The Labute approximate surface area is 414 Å². The predicted octanol–water partition coefficient (Wildman–Crippen LogP) is 4.43. The van der Waals surface area contributed by atoms with Crippen LogP contribution in [0.25, 0.3) is 10.4 Å². The maximum atomic E-state index is 13.7. The van der Waals surface area contributed by atoms with Crippen molar-refractivity contribution >= 4 is 60.2 Å². The van der Waals surface area contributed by atoms with Gasteiger partial charge < -0.3 is 57.2 Å². The molecule has 21 nitrogen and oxygen atoms in total. The van der Waals surface area contributed by atoms with Crippen molar-refractivity contribution in [1.82, 2.24) is 5.32 Å². The molecular formula is C49H68N4O17Si. The van der Waals surface area contributed by atoms with E-state index >= 15 is 0 Å². The average molecular weight is 1010 g/mol. The number of hydrogen-bond donors (Lipinski definition) is 1. The second-order valence-corrected chi connectivity index (χ2v) is 22.6. The number of benzene rings is 2. The van der Waals surface area contributed by atoms with E-state index < -0.39 is 123 Å². The second kappa shape index (κ2) is 27.8. The van der Waals surface area contributed by atoms with Crippen molar-refractivity contribution in [2.75, 3.05) is 26.4 Å². The first kappa shape index (κ1) is 57.8. The number of unbranched alkanes of at least 4 members (excludes halogenated alkanes) is 3. The van der Waals surface area contributed by atoms with Gasteiger partial charge in [0.1, 0.15) is 36.7 Å². The van der Waals surface area contributed by atoms with E-state index in [4.69, 9.17) is 52.6 Å². The van der Waals surface area contributed by atoms with Crippen LogP contribution in [0.3, 0.4) is 0 Å². The Morgan fingerprint density at radius 2 is 1.20 bits per heavy atom. The number of nitrogens with zero attached hydrogens (tertiary/aromatic N) is 3. The molecular weight excluding hydrogens is 945 g/mol. The number of hydrogen-bond acceptors (Lipinski definition) is 18. The minimum absolute atomic E-state index is 0.0996. The van der Waals surface area contributed by atoms with Gasteiger partial charge in [0.05, 0.1) is 13.0 Å². The van der Waals surface area contributed by atoms with Crippen molar-refractivity contribution in [3.05, 3.63) is 71.1 Å². The van der Waals surface area contributed by atoms with E-state index in [1.165, 1.54) is 13.8 Å². The summed E-state index contributed by atoms with van der Waals surface area (Å²) in [6, 6.07) is 18.0. The fourth-order valence-corrected chi connectivity index (χ4v) is 13.2. The minimum atomic E-state index is -3.40. The van der Waals surface area contributed by atoms with Crippen LogP contribution in [-0.4, -0.2) is 138 Å². The van der Waals surface area contributed by atoms with Crippen LogP contribution in [0.5, 0.6) is 0 Å². The molecule has 0 unspecified atom stereocenters. The lowest BCUT2D eigenvalue weighted by molar-refractivity contribution is -0.350. The van der Waals surface area contributed by atoms with Gasteiger partial charge in [-0.25, -0.2) is 0 Å². The molecule has 1 amide bonds. The molecule has 0 spiro atoms. The molecule has 2 saturated heterocycles. The maximum absolute atomic E-state index is 13.7. The molecule has 0 aromatic heterocycles. The number of ether oxygens (including phenoxy) is 9. The second-order valence-electron chi connectivity index (χ2n) is 18.3. The Morgan fingerprint density at radius 3 is 1.73 bits per heavy atom. The highest BCUT2D eigenvalue weighted by Crippen LogP contribution is 2.39. The largest absolute Gasteiger partial charge is 0.463 e. The number of Topliss-reactive ketones (excluding diaryl/α,β-unsaturated/α-hetero) is 1. The van der Waals surface area contributed by atoms with E-state index in [0.29, 0.717) is 25.8 Å². The highest BCUT2D eigenvalue weighted by atomic mass is 28.4. The lowest BCUT2D eigenvalue weighted by Gasteiger charge is -2.50. The molecule has 0 radical (unpaired) electrons. The number of esters is 5. The summed E-state index contributed by atoms with van der Waals surface area (Å²) < 4.78 is 62.5. The van der Waals surface area contributed by atoms with Gasteiger partial charge in [-0.1, -0.05) is 99.4 Å². The number of nitrogens with one attached hydrogen (secondary N) is 1. The third-order valence-electron chi connectivity index (χ3n) is 11.6. The van der Waals surface area contributed by atoms with Crippen LogP contribution in [0.1, 0.15) is 101 Å². The van der Waals surface area contributed by atoms with Crippen molar-refractivity contribution in [2.45, 2.75) is 167 Å². The first-order valence-corrected chi connectivity index (χ1v) is 25.5. The molecule has 0 bridgehead atoms. The molecule has 2 aliphatic heterocycles. The van der Waals surface area contributed by atoms with E-state index in [2.05, 4.69) is 15.3 Å². The first-order valence-electron chi connectivity index (χ1n) is 23.6. The van der Waals surface area contributed by atoms with Crippen LogP contribution in [0.15, 0.2) is 65.8 Å². The summed E-state index contributed by atoms with van der Waals surface area (Å²) in [7, 11) is -3.40. The first-order chi connectivity index (χ1) is 33.7. The number of carbonyl (C=O) groups excluding carboxylic acids is 7. The summed E-state index contributed by atoms with van der Waals surface area (Å²) in [6.07, 6.45) is -11.9. The summed E-state index contributed by atoms with van der Waals surface area (Å²) >= 11 is 0. The fraction of sp³-hybridized carbons (Fsp3) is 0.612. The highest BCUT2D eigenvalue weighted by Gasteiger charge is 2.58. The van der Waals surface area contributed by atoms with Crippen LogP contribution < -0.4 is 15.7 Å². The standard InChI is InChI=1S/C49H68N4O17Si/c1-30(54)24-25-40(60)69-45-43(64-33(4)57)39(29-63-71(49(7,8)9,36-20-14-12-15-21-36)37-22-16-13-17-23-37)68-48(46(45)66-35(6)59)70-42-38(28-62-32(3)56)67-47(61-27-19-11-10-18-26-51-53-50)41(52-31(2)55)44(42)65-34(5)58/h12-17,20-23,38-39,41-48H,10-11,18-19,24-29H2,1-9H3,(H,52,55)/t38-,39-,41-,42-,43+,44-,45+,46-,47-,48+/m1/s1. The van der Waals surface area contributed by atoms with Crippen LogP contribution in [0.2, 0.25) is 5.04 Å². The average Bonchev–Trinajstić information content (AvgIpc) is 3.29. The van der Waals surface area contributed by atoms with E-state index in [0.717, 1.165) is 44.5 Å². The minimum Gasteiger partial charge on any atom is -0.463 e. The van der Waals surface area contributed by atoms with Gasteiger partial charge in [-0.2, -0.15) is 0 Å². The number of azide groups is 1. The highest BCUT2D eigenvalue weighted by molar-refractivity contribution is 6.99. The lowest BCUT2D eigenvalue weighted by Crippen LogP contribution is -2.70. The third kappa shape index (κ3) is 16.9. The third-order valence-corrected chi connectivity index (χ3v) is 16.6. The molecule has 22 heteroatoms. The topological polar surface area (TPSA) is 273 Å². The summed E-state index contributed by atoms with van der Waals surface area (Å²) in [4.78, 5) is 92.9. The maximum Gasteiger partial charge on any atom is 0.306 e. The van der Waals surface area contributed by atoms with Crippen molar-refractivity contribution in [2.24, 2.45) is 5.11 Å². The molecule has 1 N–H and O–H groups in total. The van der Waals surface area contributed by atoms with Crippen LogP contribution in [0.4, 0.5) is 0 Å². The van der Waals surface area contributed by atoms with E-state index in [1.54, 1.807) is 0 Å². The van der Waals surface area contributed by atoms with Crippen molar-refractivity contribution < 1.29 is 80.6 Å². The Kier molecular flexibility index (Phi) is 22.6. The SMILES string of the molecule is CC(=O)CCC(=O)O[C@H]1[C@@H](OC(C)=O)[C@@H](CO[Si](c2ccccc2)(c2ccccc2)C(C)(C)C)O[C@@H](O[C@H]2[C@H](OC(C)=O)[C@@H](NC(C)=O)[C@H](OCCCCCCN=[N+]=[N-])O[C@@H]2COC(C)=O)[C@@H]1OC(C)=O. The molecule has 2 fully saturated rings. The summed E-state index contributed by atoms with van der Waals surface area (Å²) in [5, 5.41) is 7.49. The van der Waals surface area contributed by atoms with Crippen LogP contribution >= 0.6 is 0 Å². The quantitative estimate of drug-likeness (QED) is 0.0274. The van der Waals surface area contributed by atoms with Crippen molar-refractivity contribution in [3.8, 4) is 0 Å². The Hall–Kier alpha value is -5.74. The lowest BCUT2D eigenvalue weighted by atomic mass is 9.94. The zero-order chi connectivity index (χ0) is 52.3. The van der Waals surface area contributed by atoms with Crippen LogP contribution in [-0.2, 0) is 80.6 Å². The zero-order valence-electron chi connectivity index (χ0n) is 41.9. The molecule has 71 heavy (non-hydrogen) atoms. The smallest absolute Gasteiger partial charge is 0.306 e.